The zero-order valence-corrected chi connectivity index (χ0v) is 14.7. The van der Waals surface area contributed by atoms with Crippen molar-refractivity contribution >= 4 is 23.6 Å². The van der Waals surface area contributed by atoms with Crippen molar-refractivity contribution < 1.29 is 32.7 Å². The fourth-order valence-corrected chi connectivity index (χ4v) is 3.04. The van der Waals surface area contributed by atoms with Crippen molar-refractivity contribution in [3.8, 4) is 6.07 Å². The molecule has 0 bridgehead atoms. The van der Waals surface area contributed by atoms with E-state index < -0.39 is 46.9 Å². The molecule has 3 amide bonds. The van der Waals surface area contributed by atoms with Crippen molar-refractivity contribution in [3.05, 3.63) is 29.3 Å². The van der Waals surface area contributed by atoms with Gasteiger partial charge in [0.1, 0.15) is 11.6 Å². The molecular formula is C17H16F3N3O4. The number of carboxylic acid groups (broad SMARTS) is 1. The largest absolute Gasteiger partial charge is 0.480 e. The Bertz CT molecular complexity index is 858. The van der Waals surface area contributed by atoms with E-state index in [-0.39, 0.29) is 12.0 Å². The van der Waals surface area contributed by atoms with E-state index in [1.807, 2.05) is 0 Å². The smallest absolute Gasteiger partial charge is 0.418 e. The molecule has 0 radical (unpaired) electrons. The third-order valence-corrected chi connectivity index (χ3v) is 4.38. The minimum absolute atomic E-state index is 0.0366. The number of urea groups is 1. The van der Waals surface area contributed by atoms with E-state index in [0.717, 1.165) is 17.0 Å². The Balaban J connectivity index is 2.68. The van der Waals surface area contributed by atoms with Crippen LogP contribution in [0.4, 0.5) is 23.7 Å². The molecule has 1 aromatic rings. The van der Waals surface area contributed by atoms with Crippen LogP contribution in [-0.2, 0) is 15.8 Å². The lowest BCUT2D eigenvalue weighted by atomic mass is 10.00. The summed E-state index contributed by atoms with van der Waals surface area (Å²) in [6.45, 7) is 4.03. The van der Waals surface area contributed by atoms with Crippen LogP contribution in [0.2, 0.25) is 0 Å². The second-order valence-electron chi connectivity index (χ2n) is 6.46. The molecule has 1 atom stereocenters. The number of carbonyl (C=O) groups is 3. The van der Waals surface area contributed by atoms with Crippen LogP contribution in [0.5, 0.6) is 0 Å². The first-order valence-electron chi connectivity index (χ1n) is 7.89. The number of anilines is 1. The first kappa shape index (κ1) is 20.2. The number of aliphatic carboxylic acids is 1. The molecule has 10 heteroatoms. The fourth-order valence-electron chi connectivity index (χ4n) is 3.04. The summed E-state index contributed by atoms with van der Waals surface area (Å²) < 4.78 is 40.3. The summed E-state index contributed by atoms with van der Waals surface area (Å²) in [6, 6.07) is 1.48. The molecule has 27 heavy (non-hydrogen) atoms. The van der Waals surface area contributed by atoms with E-state index in [0.29, 0.717) is 11.0 Å². The number of hydrogen-bond donors (Lipinski definition) is 1. The van der Waals surface area contributed by atoms with Gasteiger partial charge in [-0.1, -0.05) is 6.92 Å². The summed E-state index contributed by atoms with van der Waals surface area (Å²) in [4.78, 5) is 38.1. The number of hydrogen-bond acceptors (Lipinski definition) is 4. The van der Waals surface area contributed by atoms with Crippen molar-refractivity contribution in [2.75, 3.05) is 4.90 Å². The Morgan fingerprint density at radius 1 is 1.33 bits per heavy atom. The third kappa shape index (κ3) is 3.20. The molecule has 1 aliphatic heterocycles. The molecule has 2 rings (SSSR count). The number of amides is 3. The Hall–Kier alpha value is -3.09. The van der Waals surface area contributed by atoms with Crippen LogP contribution in [0.25, 0.3) is 0 Å². The van der Waals surface area contributed by atoms with Gasteiger partial charge in [-0.05, 0) is 38.5 Å². The van der Waals surface area contributed by atoms with E-state index in [4.69, 9.17) is 5.26 Å². The maximum atomic E-state index is 13.4. The van der Waals surface area contributed by atoms with Crippen molar-refractivity contribution in [2.24, 2.45) is 0 Å². The average Bonchev–Trinajstić information content (AvgIpc) is 2.74. The van der Waals surface area contributed by atoms with Gasteiger partial charge in [0, 0.05) is 0 Å². The number of carbonyl (C=O) groups excluding carboxylic acids is 2. The monoisotopic (exact) mass is 383 g/mol. The standard InChI is InChI=1S/C17H16F3N3O4/c1-4-11(13(24)25)23-15(27)22(14(26)16(23,2)3)12-6-5-9(8-21)7-10(12)17(18,19)20/h5-7,11H,4H2,1-3H3,(H,24,25). The normalized spacial score (nSPS) is 17.8. The van der Waals surface area contributed by atoms with Crippen LogP contribution in [0, 0.1) is 11.3 Å². The SMILES string of the molecule is CCC(C(=O)O)N1C(=O)N(c2ccc(C#N)cc2C(F)(F)F)C(=O)C1(C)C. The van der Waals surface area contributed by atoms with Crippen molar-refractivity contribution in [2.45, 2.75) is 44.9 Å². The van der Waals surface area contributed by atoms with Gasteiger partial charge in [-0.3, -0.25) is 9.69 Å². The zero-order valence-electron chi connectivity index (χ0n) is 14.7. The van der Waals surface area contributed by atoms with Gasteiger partial charge in [0.2, 0.25) is 0 Å². The number of alkyl halides is 3. The van der Waals surface area contributed by atoms with Gasteiger partial charge in [-0.15, -0.1) is 0 Å². The van der Waals surface area contributed by atoms with Crippen molar-refractivity contribution in [3.63, 3.8) is 0 Å². The Morgan fingerprint density at radius 3 is 2.37 bits per heavy atom. The van der Waals surface area contributed by atoms with Crippen LogP contribution in [-0.4, -0.2) is 39.5 Å². The van der Waals surface area contributed by atoms with Gasteiger partial charge < -0.3 is 5.11 Å². The second kappa shape index (κ2) is 6.57. The number of carboxylic acids is 1. The lowest BCUT2D eigenvalue weighted by Gasteiger charge is -2.32. The fraction of sp³-hybridized carbons (Fsp3) is 0.412. The van der Waals surface area contributed by atoms with Crippen LogP contribution in [0.3, 0.4) is 0 Å². The number of nitriles is 1. The van der Waals surface area contributed by atoms with E-state index in [1.54, 1.807) is 6.07 Å². The molecule has 1 unspecified atom stereocenters. The van der Waals surface area contributed by atoms with Crippen LogP contribution in [0.1, 0.15) is 38.3 Å². The Labute approximate surface area is 152 Å². The molecule has 1 heterocycles. The van der Waals surface area contributed by atoms with Crippen LogP contribution in [0.15, 0.2) is 18.2 Å². The molecule has 0 spiro atoms. The van der Waals surface area contributed by atoms with E-state index in [2.05, 4.69) is 0 Å². The summed E-state index contributed by atoms with van der Waals surface area (Å²) in [5, 5.41) is 18.2. The first-order valence-corrected chi connectivity index (χ1v) is 7.89. The molecule has 1 saturated heterocycles. The minimum atomic E-state index is -4.93. The molecule has 0 saturated carbocycles. The number of imide groups is 1. The Kier molecular flexibility index (Phi) is 4.92. The zero-order chi connectivity index (χ0) is 20.7. The highest BCUT2D eigenvalue weighted by molar-refractivity contribution is 6.24. The molecular weight excluding hydrogens is 367 g/mol. The predicted octanol–water partition coefficient (Wildman–Crippen LogP) is 2.99. The quantitative estimate of drug-likeness (QED) is 0.806. The molecule has 1 fully saturated rings. The topological polar surface area (TPSA) is 102 Å². The van der Waals surface area contributed by atoms with Gasteiger partial charge in [-0.25, -0.2) is 14.5 Å². The maximum absolute atomic E-state index is 13.4. The number of nitrogens with zero attached hydrogens (tertiary/aromatic N) is 3. The van der Waals surface area contributed by atoms with Gasteiger partial charge in [0.25, 0.3) is 5.91 Å². The molecule has 1 aromatic carbocycles. The van der Waals surface area contributed by atoms with Gasteiger partial charge >= 0.3 is 18.2 Å². The summed E-state index contributed by atoms with van der Waals surface area (Å²) >= 11 is 0. The summed E-state index contributed by atoms with van der Waals surface area (Å²) in [5.41, 5.74) is -4.03. The summed E-state index contributed by atoms with van der Waals surface area (Å²) in [7, 11) is 0. The number of rotatable bonds is 4. The van der Waals surface area contributed by atoms with Gasteiger partial charge in [-0.2, -0.15) is 18.4 Å². The highest BCUT2D eigenvalue weighted by Gasteiger charge is 2.56. The lowest BCUT2D eigenvalue weighted by molar-refractivity contribution is -0.144. The second-order valence-corrected chi connectivity index (χ2v) is 6.46. The number of benzene rings is 1. The highest BCUT2D eigenvalue weighted by Crippen LogP contribution is 2.41. The summed E-state index contributed by atoms with van der Waals surface area (Å²) in [6.07, 6.45) is -4.97. The summed E-state index contributed by atoms with van der Waals surface area (Å²) in [5.74, 6) is -2.35. The predicted molar refractivity (Wildman–Crippen MR) is 86.7 cm³/mol. The van der Waals surface area contributed by atoms with E-state index >= 15 is 0 Å². The highest BCUT2D eigenvalue weighted by atomic mass is 19.4. The van der Waals surface area contributed by atoms with Crippen molar-refractivity contribution in [1.29, 1.82) is 5.26 Å². The number of halogens is 3. The molecule has 0 aromatic heterocycles. The maximum Gasteiger partial charge on any atom is 0.418 e. The van der Waals surface area contributed by atoms with Crippen LogP contribution >= 0.6 is 0 Å². The van der Waals surface area contributed by atoms with Crippen molar-refractivity contribution in [1.82, 2.24) is 4.90 Å². The minimum Gasteiger partial charge on any atom is -0.480 e. The molecule has 1 aliphatic rings. The van der Waals surface area contributed by atoms with E-state index in [1.165, 1.54) is 20.8 Å². The van der Waals surface area contributed by atoms with E-state index in [9.17, 15) is 32.7 Å². The van der Waals surface area contributed by atoms with Gasteiger partial charge in [0.15, 0.2) is 0 Å². The third-order valence-electron chi connectivity index (χ3n) is 4.38. The molecule has 1 N–H and O–H groups in total. The van der Waals surface area contributed by atoms with Crippen LogP contribution < -0.4 is 4.90 Å². The average molecular weight is 383 g/mol. The van der Waals surface area contributed by atoms with Gasteiger partial charge in [0.05, 0.1) is 22.9 Å². The lowest BCUT2D eigenvalue weighted by Crippen LogP contribution is -2.52. The first-order chi connectivity index (χ1) is 12.4. The molecule has 144 valence electrons. The molecule has 0 aliphatic carbocycles. The Morgan fingerprint density at radius 2 is 1.93 bits per heavy atom. The molecule has 7 nitrogen and oxygen atoms in total.